The van der Waals surface area contributed by atoms with Crippen molar-refractivity contribution in [1.82, 2.24) is 10.2 Å². The number of hydrogen-bond acceptors (Lipinski definition) is 4. The predicted octanol–water partition coefficient (Wildman–Crippen LogP) is 4.60. The first-order chi connectivity index (χ1) is 18.1. The van der Waals surface area contributed by atoms with Crippen molar-refractivity contribution in [2.75, 3.05) is 17.4 Å². The summed E-state index contributed by atoms with van der Waals surface area (Å²) in [4.78, 5) is 28.3. The molecule has 0 unspecified atom stereocenters. The number of halogens is 1. The fraction of sp³-hybridized carbons (Fsp3) is 0.310. The molecule has 0 saturated carbocycles. The fourth-order valence-electron chi connectivity index (χ4n) is 4.01. The minimum atomic E-state index is -4.31. The van der Waals surface area contributed by atoms with Gasteiger partial charge in [-0.2, -0.15) is 0 Å². The summed E-state index contributed by atoms with van der Waals surface area (Å²) in [5, 5.41) is 2.88. The first-order valence-electron chi connectivity index (χ1n) is 12.6. The van der Waals surface area contributed by atoms with E-state index in [0.29, 0.717) is 13.0 Å². The highest BCUT2D eigenvalue weighted by Gasteiger charge is 2.34. The Hall–Kier alpha value is -3.72. The number of carbonyl (C=O) groups is 2. The van der Waals surface area contributed by atoms with E-state index in [1.165, 1.54) is 35.2 Å². The van der Waals surface area contributed by atoms with E-state index in [2.05, 4.69) is 5.32 Å². The standard InChI is InChI=1S/C29H34FN3O4S/c1-4-26(29(35)31-19-22(2)3)32(20-23-13-7-5-8-14-23)28(34)21-33(27-18-12-11-17-25(27)30)38(36,37)24-15-9-6-10-16-24/h5-18,22,26H,4,19-21H2,1-3H3,(H,31,35)/t26-/m0/s1. The van der Waals surface area contributed by atoms with Crippen LogP contribution in [0, 0.1) is 11.7 Å². The van der Waals surface area contributed by atoms with E-state index in [-0.39, 0.29) is 29.0 Å². The second kappa shape index (κ2) is 13.2. The van der Waals surface area contributed by atoms with Crippen molar-refractivity contribution in [3.8, 4) is 0 Å². The number of hydrogen-bond donors (Lipinski definition) is 1. The number of amides is 2. The van der Waals surface area contributed by atoms with Crippen molar-refractivity contribution in [3.63, 3.8) is 0 Å². The Balaban J connectivity index is 2.03. The lowest BCUT2D eigenvalue weighted by molar-refractivity contribution is -0.140. The molecule has 0 heterocycles. The minimum absolute atomic E-state index is 0.0765. The molecule has 2 amide bonds. The molecule has 3 aromatic rings. The van der Waals surface area contributed by atoms with Crippen molar-refractivity contribution >= 4 is 27.5 Å². The highest BCUT2D eigenvalue weighted by molar-refractivity contribution is 7.92. The molecule has 0 aliphatic carbocycles. The van der Waals surface area contributed by atoms with Crippen LogP contribution in [0.25, 0.3) is 0 Å². The molecule has 38 heavy (non-hydrogen) atoms. The van der Waals surface area contributed by atoms with E-state index in [1.807, 2.05) is 44.2 Å². The van der Waals surface area contributed by atoms with Crippen LogP contribution < -0.4 is 9.62 Å². The summed E-state index contributed by atoms with van der Waals surface area (Å²) in [5.74, 6) is -1.52. The Morgan fingerprint density at radius 2 is 1.47 bits per heavy atom. The molecule has 0 radical (unpaired) electrons. The summed E-state index contributed by atoms with van der Waals surface area (Å²) < 4.78 is 43.0. The van der Waals surface area contributed by atoms with Crippen LogP contribution >= 0.6 is 0 Å². The molecule has 3 rings (SSSR count). The fourth-order valence-corrected chi connectivity index (χ4v) is 5.45. The number of benzene rings is 3. The Morgan fingerprint density at radius 3 is 2.05 bits per heavy atom. The van der Waals surface area contributed by atoms with Crippen LogP contribution in [0.3, 0.4) is 0 Å². The molecule has 3 aromatic carbocycles. The van der Waals surface area contributed by atoms with Gasteiger partial charge in [0.25, 0.3) is 10.0 Å². The molecule has 0 spiro atoms. The Morgan fingerprint density at radius 1 is 0.895 bits per heavy atom. The zero-order valence-corrected chi connectivity index (χ0v) is 22.7. The van der Waals surface area contributed by atoms with Gasteiger partial charge in [0.1, 0.15) is 18.4 Å². The molecule has 0 fully saturated rings. The third kappa shape index (κ3) is 7.19. The number of para-hydroxylation sites is 1. The molecule has 0 aliphatic rings. The van der Waals surface area contributed by atoms with Crippen molar-refractivity contribution in [3.05, 3.63) is 96.3 Å². The molecule has 202 valence electrons. The lowest BCUT2D eigenvalue weighted by Gasteiger charge is -2.33. The average Bonchev–Trinajstić information content (AvgIpc) is 2.91. The molecule has 0 saturated heterocycles. The third-order valence-electron chi connectivity index (χ3n) is 6.00. The normalized spacial score (nSPS) is 12.1. The van der Waals surface area contributed by atoms with E-state index in [4.69, 9.17) is 0 Å². The predicted molar refractivity (Wildman–Crippen MR) is 146 cm³/mol. The van der Waals surface area contributed by atoms with Gasteiger partial charge in [-0.3, -0.25) is 13.9 Å². The summed E-state index contributed by atoms with van der Waals surface area (Å²) in [6.07, 6.45) is 0.313. The van der Waals surface area contributed by atoms with Crippen molar-refractivity contribution in [2.24, 2.45) is 5.92 Å². The quantitative estimate of drug-likeness (QED) is 0.365. The van der Waals surface area contributed by atoms with Gasteiger partial charge in [-0.1, -0.05) is 81.4 Å². The number of sulfonamides is 1. The summed E-state index contributed by atoms with van der Waals surface area (Å²) in [6.45, 7) is 5.57. The maximum atomic E-state index is 14.9. The zero-order valence-electron chi connectivity index (χ0n) is 21.9. The lowest BCUT2D eigenvalue weighted by atomic mass is 10.1. The topological polar surface area (TPSA) is 86.8 Å². The van der Waals surface area contributed by atoms with Crippen LogP contribution in [0.1, 0.15) is 32.8 Å². The summed E-state index contributed by atoms with van der Waals surface area (Å²) in [6, 6.07) is 21.3. The molecule has 1 atom stereocenters. The van der Waals surface area contributed by atoms with E-state index >= 15 is 0 Å². The molecular weight excluding hydrogens is 505 g/mol. The van der Waals surface area contributed by atoms with Gasteiger partial charge < -0.3 is 10.2 Å². The molecule has 0 bridgehead atoms. The molecule has 0 aromatic heterocycles. The van der Waals surface area contributed by atoms with Gasteiger partial charge in [-0.15, -0.1) is 0 Å². The van der Waals surface area contributed by atoms with E-state index in [1.54, 1.807) is 25.1 Å². The number of rotatable bonds is 12. The van der Waals surface area contributed by atoms with E-state index < -0.39 is 34.3 Å². The monoisotopic (exact) mass is 539 g/mol. The number of anilines is 1. The molecular formula is C29H34FN3O4S. The van der Waals surface area contributed by atoms with Crippen LogP contribution in [-0.2, 0) is 26.2 Å². The molecule has 9 heteroatoms. The van der Waals surface area contributed by atoms with Crippen LogP contribution in [0.5, 0.6) is 0 Å². The molecule has 1 N–H and O–H groups in total. The third-order valence-corrected chi connectivity index (χ3v) is 7.77. The maximum absolute atomic E-state index is 14.9. The summed E-state index contributed by atoms with van der Waals surface area (Å²) in [5.41, 5.74) is 0.529. The van der Waals surface area contributed by atoms with E-state index in [0.717, 1.165) is 15.9 Å². The van der Waals surface area contributed by atoms with Gasteiger partial charge >= 0.3 is 0 Å². The van der Waals surface area contributed by atoms with Crippen molar-refractivity contribution in [1.29, 1.82) is 0 Å². The lowest BCUT2D eigenvalue weighted by Crippen LogP contribution is -2.52. The second-order valence-electron chi connectivity index (χ2n) is 9.35. The van der Waals surface area contributed by atoms with Gasteiger partial charge in [0.05, 0.1) is 10.6 Å². The Bertz CT molecular complexity index is 1320. The van der Waals surface area contributed by atoms with Gasteiger partial charge in [-0.25, -0.2) is 12.8 Å². The second-order valence-corrected chi connectivity index (χ2v) is 11.2. The first kappa shape index (κ1) is 28.8. The number of carbonyl (C=O) groups excluding carboxylic acids is 2. The van der Waals surface area contributed by atoms with Crippen LogP contribution in [0.4, 0.5) is 10.1 Å². The van der Waals surface area contributed by atoms with Gasteiger partial charge in [0.15, 0.2) is 0 Å². The minimum Gasteiger partial charge on any atom is -0.354 e. The molecule has 0 aliphatic heterocycles. The maximum Gasteiger partial charge on any atom is 0.264 e. The summed E-state index contributed by atoms with van der Waals surface area (Å²) in [7, 11) is -4.31. The van der Waals surface area contributed by atoms with Crippen molar-refractivity contribution < 1.29 is 22.4 Å². The Kier molecular flexibility index (Phi) is 10.0. The first-order valence-corrected chi connectivity index (χ1v) is 14.0. The number of nitrogens with one attached hydrogen (secondary N) is 1. The van der Waals surface area contributed by atoms with Crippen molar-refractivity contribution in [2.45, 2.75) is 44.7 Å². The smallest absolute Gasteiger partial charge is 0.264 e. The zero-order chi connectivity index (χ0) is 27.7. The average molecular weight is 540 g/mol. The highest BCUT2D eigenvalue weighted by atomic mass is 32.2. The van der Waals surface area contributed by atoms with E-state index in [9.17, 15) is 22.4 Å². The molecule has 7 nitrogen and oxygen atoms in total. The Labute approximate surface area is 224 Å². The van der Waals surface area contributed by atoms with Crippen LogP contribution in [-0.4, -0.2) is 44.3 Å². The SMILES string of the molecule is CC[C@@H](C(=O)NCC(C)C)N(Cc1ccccc1)C(=O)CN(c1ccccc1F)S(=O)(=O)c1ccccc1. The van der Waals surface area contributed by atoms with Gasteiger partial charge in [-0.05, 0) is 42.2 Å². The van der Waals surface area contributed by atoms with Crippen LogP contribution in [0.2, 0.25) is 0 Å². The largest absolute Gasteiger partial charge is 0.354 e. The summed E-state index contributed by atoms with van der Waals surface area (Å²) >= 11 is 0. The van der Waals surface area contributed by atoms with Gasteiger partial charge in [0, 0.05) is 13.1 Å². The van der Waals surface area contributed by atoms with Crippen LogP contribution in [0.15, 0.2) is 89.8 Å². The highest BCUT2D eigenvalue weighted by Crippen LogP contribution is 2.27. The van der Waals surface area contributed by atoms with Gasteiger partial charge in [0.2, 0.25) is 11.8 Å². The number of nitrogens with zero attached hydrogens (tertiary/aromatic N) is 2.